The average molecular weight is 366 g/mol. The van der Waals surface area contributed by atoms with Crippen LogP contribution in [0.4, 0.5) is 0 Å². The number of carbonyl (C=O) groups is 2. The summed E-state index contributed by atoms with van der Waals surface area (Å²) in [6.45, 7) is 9.78. The van der Waals surface area contributed by atoms with Gasteiger partial charge in [0.1, 0.15) is 5.78 Å². The van der Waals surface area contributed by atoms with Crippen molar-refractivity contribution >= 4 is 11.6 Å². The second-order valence-corrected chi connectivity index (χ2v) is 8.98. The van der Waals surface area contributed by atoms with E-state index < -0.39 is 10.8 Å². The molecule has 0 fully saturated rings. The molecule has 2 rings (SSSR count). The quantitative estimate of drug-likeness (QED) is 0.583. The Morgan fingerprint density at radius 3 is 2.30 bits per heavy atom. The standard InChI is InChI=1S/C24H31NO2/c1-23(2,3)22(27)20-12-6-10-19(15-20)16-24(4,5)21(26)13-7-9-18-11-8-14-25-17-18/h6,8,10-12,14-15,17H,7,9,13,16H2,1-5H3. The first kappa shape index (κ1) is 21.0. The fourth-order valence-electron chi connectivity index (χ4n) is 3.20. The molecule has 144 valence electrons. The first-order chi connectivity index (χ1) is 12.6. The van der Waals surface area contributed by atoms with Gasteiger partial charge in [0.2, 0.25) is 0 Å². The molecule has 0 aliphatic rings. The summed E-state index contributed by atoms with van der Waals surface area (Å²) in [6.07, 6.45) is 6.51. The van der Waals surface area contributed by atoms with Crippen molar-refractivity contribution in [1.29, 1.82) is 0 Å². The van der Waals surface area contributed by atoms with Gasteiger partial charge in [0.15, 0.2) is 5.78 Å². The smallest absolute Gasteiger partial charge is 0.168 e. The Hall–Kier alpha value is -2.29. The number of carbonyl (C=O) groups excluding carboxylic acids is 2. The Bertz CT molecular complexity index is 786. The van der Waals surface area contributed by atoms with Crippen molar-refractivity contribution in [3.63, 3.8) is 0 Å². The van der Waals surface area contributed by atoms with Crippen molar-refractivity contribution in [2.45, 2.75) is 60.3 Å². The third-order valence-corrected chi connectivity index (χ3v) is 4.86. The first-order valence-electron chi connectivity index (χ1n) is 9.65. The third kappa shape index (κ3) is 6.13. The van der Waals surface area contributed by atoms with Crippen molar-refractivity contribution in [1.82, 2.24) is 4.98 Å². The van der Waals surface area contributed by atoms with Gasteiger partial charge in [-0.2, -0.15) is 0 Å². The van der Waals surface area contributed by atoms with Gasteiger partial charge >= 0.3 is 0 Å². The Morgan fingerprint density at radius 2 is 1.67 bits per heavy atom. The molecule has 1 aromatic heterocycles. The van der Waals surface area contributed by atoms with Crippen molar-refractivity contribution in [2.24, 2.45) is 10.8 Å². The van der Waals surface area contributed by atoms with Crippen LogP contribution in [0.15, 0.2) is 48.8 Å². The lowest BCUT2D eigenvalue weighted by Gasteiger charge is -2.24. The zero-order valence-corrected chi connectivity index (χ0v) is 17.2. The van der Waals surface area contributed by atoms with Crippen LogP contribution in [0.5, 0.6) is 0 Å². The molecule has 27 heavy (non-hydrogen) atoms. The molecule has 1 aromatic carbocycles. The number of ketones is 2. The van der Waals surface area contributed by atoms with E-state index in [9.17, 15) is 9.59 Å². The van der Waals surface area contributed by atoms with Gasteiger partial charge < -0.3 is 0 Å². The minimum atomic E-state index is -0.446. The highest BCUT2D eigenvalue weighted by molar-refractivity contribution is 5.99. The van der Waals surface area contributed by atoms with Gasteiger partial charge in [-0.1, -0.05) is 58.9 Å². The van der Waals surface area contributed by atoms with Crippen LogP contribution in [0.25, 0.3) is 0 Å². The molecule has 0 spiro atoms. The Balaban J connectivity index is 1.98. The molecule has 0 atom stereocenters. The van der Waals surface area contributed by atoms with Crippen LogP contribution < -0.4 is 0 Å². The molecule has 2 aromatic rings. The molecule has 0 N–H and O–H groups in total. The lowest BCUT2D eigenvalue weighted by atomic mass is 9.79. The van der Waals surface area contributed by atoms with Gasteiger partial charge in [-0.05, 0) is 42.5 Å². The summed E-state index contributed by atoms with van der Waals surface area (Å²) >= 11 is 0. The zero-order chi connectivity index (χ0) is 20.1. The lowest BCUT2D eigenvalue weighted by Crippen LogP contribution is -2.27. The van der Waals surface area contributed by atoms with Crippen LogP contribution in [0.2, 0.25) is 0 Å². The van der Waals surface area contributed by atoms with E-state index in [1.54, 1.807) is 6.20 Å². The van der Waals surface area contributed by atoms with Gasteiger partial charge in [-0.3, -0.25) is 14.6 Å². The van der Waals surface area contributed by atoms with Crippen molar-refractivity contribution in [2.75, 3.05) is 0 Å². The van der Waals surface area contributed by atoms with Gasteiger partial charge in [0.05, 0.1) is 0 Å². The van der Waals surface area contributed by atoms with Crippen LogP contribution in [-0.2, 0) is 17.6 Å². The topological polar surface area (TPSA) is 47.0 Å². The second-order valence-electron chi connectivity index (χ2n) is 8.98. The summed E-state index contributed by atoms with van der Waals surface area (Å²) in [7, 11) is 0. The third-order valence-electron chi connectivity index (χ3n) is 4.86. The van der Waals surface area contributed by atoms with Crippen LogP contribution in [0, 0.1) is 10.8 Å². The number of nitrogens with zero attached hydrogens (tertiary/aromatic N) is 1. The van der Waals surface area contributed by atoms with Crippen LogP contribution in [-0.4, -0.2) is 16.6 Å². The fraction of sp³-hybridized carbons (Fsp3) is 0.458. The number of Topliss-reactive ketones (excluding diaryl/α,β-unsaturated/α-hetero) is 2. The van der Waals surface area contributed by atoms with E-state index in [2.05, 4.69) is 4.98 Å². The summed E-state index contributed by atoms with van der Waals surface area (Å²) in [5, 5.41) is 0. The number of benzene rings is 1. The molecule has 0 unspecified atom stereocenters. The minimum absolute atomic E-state index is 0.130. The molecule has 0 radical (unpaired) electrons. The molecule has 3 nitrogen and oxygen atoms in total. The molecule has 0 saturated carbocycles. The number of hydrogen-bond donors (Lipinski definition) is 0. The first-order valence-corrected chi connectivity index (χ1v) is 9.65. The molecule has 0 aliphatic carbocycles. The molecule has 1 heterocycles. The van der Waals surface area contributed by atoms with E-state index in [0.29, 0.717) is 12.8 Å². The van der Waals surface area contributed by atoms with Crippen LogP contribution in [0.3, 0.4) is 0 Å². The molecule has 0 aliphatic heterocycles. The highest BCUT2D eigenvalue weighted by atomic mass is 16.1. The number of aromatic nitrogens is 1. The molecular weight excluding hydrogens is 334 g/mol. The zero-order valence-electron chi connectivity index (χ0n) is 17.2. The number of aryl methyl sites for hydroxylation is 1. The fourth-order valence-corrected chi connectivity index (χ4v) is 3.20. The second kappa shape index (κ2) is 8.60. The SMILES string of the molecule is CC(C)(C)C(=O)c1cccc(CC(C)(C)C(=O)CCCc2cccnc2)c1. The molecule has 0 bridgehead atoms. The van der Waals surface area contributed by atoms with Crippen LogP contribution >= 0.6 is 0 Å². The van der Waals surface area contributed by atoms with E-state index in [1.165, 1.54) is 0 Å². The molecule has 0 amide bonds. The van der Waals surface area contributed by atoms with Crippen LogP contribution in [0.1, 0.15) is 68.9 Å². The van der Waals surface area contributed by atoms with Gasteiger partial charge in [-0.15, -0.1) is 0 Å². The summed E-state index contributed by atoms with van der Waals surface area (Å²) in [5.74, 6) is 0.392. The molecule has 3 heteroatoms. The van der Waals surface area contributed by atoms with E-state index >= 15 is 0 Å². The van der Waals surface area contributed by atoms with Crippen molar-refractivity contribution < 1.29 is 9.59 Å². The summed E-state index contributed by atoms with van der Waals surface area (Å²) < 4.78 is 0. The highest BCUT2D eigenvalue weighted by Gasteiger charge is 2.28. The maximum absolute atomic E-state index is 12.8. The highest BCUT2D eigenvalue weighted by Crippen LogP contribution is 2.27. The Labute approximate surface area is 163 Å². The number of hydrogen-bond acceptors (Lipinski definition) is 3. The summed E-state index contributed by atoms with van der Waals surface area (Å²) in [6, 6.07) is 11.7. The monoisotopic (exact) mass is 365 g/mol. The lowest BCUT2D eigenvalue weighted by molar-refractivity contribution is -0.127. The molecule has 0 saturated heterocycles. The van der Waals surface area contributed by atoms with Gasteiger partial charge in [0, 0.05) is 35.2 Å². The predicted octanol–water partition coefficient (Wildman–Crippen LogP) is 5.47. The minimum Gasteiger partial charge on any atom is -0.299 e. The molecular formula is C24H31NO2. The van der Waals surface area contributed by atoms with Gasteiger partial charge in [0.25, 0.3) is 0 Å². The largest absolute Gasteiger partial charge is 0.299 e. The van der Waals surface area contributed by atoms with E-state index in [-0.39, 0.29) is 11.6 Å². The van der Waals surface area contributed by atoms with Gasteiger partial charge in [-0.25, -0.2) is 0 Å². The maximum atomic E-state index is 12.8. The van der Waals surface area contributed by atoms with Crippen molar-refractivity contribution in [3.8, 4) is 0 Å². The number of rotatable bonds is 8. The number of pyridine rings is 1. The van der Waals surface area contributed by atoms with E-state index in [1.807, 2.05) is 77.2 Å². The Morgan fingerprint density at radius 1 is 0.963 bits per heavy atom. The maximum Gasteiger partial charge on any atom is 0.168 e. The van der Waals surface area contributed by atoms with Crippen molar-refractivity contribution in [3.05, 3.63) is 65.5 Å². The normalized spacial score (nSPS) is 12.0. The predicted molar refractivity (Wildman–Crippen MR) is 110 cm³/mol. The summed E-state index contributed by atoms with van der Waals surface area (Å²) in [4.78, 5) is 29.4. The summed E-state index contributed by atoms with van der Waals surface area (Å²) in [5.41, 5.74) is 2.07. The average Bonchev–Trinajstić information content (AvgIpc) is 2.61. The van der Waals surface area contributed by atoms with E-state index in [4.69, 9.17) is 0 Å². The Kier molecular flexibility index (Phi) is 6.69. The van der Waals surface area contributed by atoms with E-state index in [0.717, 1.165) is 29.5 Å².